The maximum Gasteiger partial charge on any atom is 0.231 e. The van der Waals surface area contributed by atoms with Crippen LogP contribution in [0.4, 0.5) is 5.69 Å². The minimum absolute atomic E-state index is 0.153. The fourth-order valence-electron chi connectivity index (χ4n) is 2.36. The van der Waals surface area contributed by atoms with Gasteiger partial charge in [-0.05, 0) is 12.1 Å². The van der Waals surface area contributed by atoms with Gasteiger partial charge in [-0.3, -0.25) is 4.79 Å². The highest BCUT2D eigenvalue weighted by Gasteiger charge is 2.21. The molecule has 96 valence electrons. The summed E-state index contributed by atoms with van der Waals surface area (Å²) in [6.45, 7) is 5.21. The Labute approximate surface area is 106 Å². The highest BCUT2D eigenvalue weighted by molar-refractivity contribution is 5.73. The molecule has 0 saturated carbocycles. The number of benzene rings is 1. The van der Waals surface area contributed by atoms with Gasteiger partial charge in [-0.1, -0.05) is 0 Å². The van der Waals surface area contributed by atoms with Crippen LogP contribution >= 0.6 is 0 Å². The van der Waals surface area contributed by atoms with Crippen LogP contribution in [0.1, 0.15) is 6.92 Å². The Balaban J connectivity index is 1.71. The van der Waals surface area contributed by atoms with Crippen molar-refractivity contribution in [1.82, 2.24) is 4.90 Å². The van der Waals surface area contributed by atoms with E-state index in [1.807, 2.05) is 23.1 Å². The first-order chi connectivity index (χ1) is 8.74. The van der Waals surface area contributed by atoms with E-state index in [4.69, 9.17) is 9.47 Å². The molecule has 2 aliphatic heterocycles. The molecule has 2 aliphatic rings. The molecule has 2 heterocycles. The minimum atomic E-state index is 0.153. The van der Waals surface area contributed by atoms with E-state index in [-0.39, 0.29) is 5.91 Å². The highest BCUT2D eigenvalue weighted by Crippen LogP contribution is 2.35. The fraction of sp³-hybridized carbons (Fsp3) is 0.462. The first-order valence-electron chi connectivity index (χ1n) is 6.14. The van der Waals surface area contributed by atoms with Crippen LogP contribution in [0.3, 0.4) is 0 Å². The highest BCUT2D eigenvalue weighted by atomic mass is 16.7. The molecule has 1 amide bonds. The Hall–Kier alpha value is -1.91. The van der Waals surface area contributed by atoms with Crippen molar-refractivity contribution in [2.24, 2.45) is 0 Å². The summed E-state index contributed by atoms with van der Waals surface area (Å²) in [5.74, 6) is 1.77. The Morgan fingerprint density at radius 1 is 1.11 bits per heavy atom. The lowest BCUT2D eigenvalue weighted by atomic mass is 10.2. The van der Waals surface area contributed by atoms with Gasteiger partial charge in [0.05, 0.1) is 0 Å². The van der Waals surface area contributed by atoms with Crippen molar-refractivity contribution < 1.29 is 14.3 Å². The molecular weight excluding hydrogens is 232 g/mol. The molecule has 1 aromatic carbocycles. The molecule has 0 aromatic heterocycles. The van der Waals surface area contributed by atoms with Crippen LogP contribution < -0.4 is 14.4 Å². The van der Waals surface area contributed by atoms with Crippen molar-refractivity contribution in [1.29, 1.82) is 0 Å². The summed E-state index contributed by atoms with van der Waals surface area (Å²) in [4.78, 5) is 15.4. The SMILES string of the molecule is CC(=O)N1CCN(c2ccc3c(c2)OCO3)CC1. The van der Waals surface area contributed by atoms with Crippen LogP contribution in [0.5, 0.6) is 11.5 Å². The number of piperazine rings is 1. The van der Waals surface area contributed by atoms with Gasteiger partial charge in [-0.15, -0.1) is 0 Å². The predicted molar refractivity (Wildman–Crippen MR) is 67.0 cm³/mol. The van der Waals surface area contributed by atoms with Crippen molar-refractivity contribution in [2.45, 2.75) is 6.92 Å². The number of ether oxygens (including phenoxy) is 2. The normalized spacial score (nSPS) is 18.1. The second-order valence-electron chi connectivity index (χ2n) is 4.53. The van der Waals surface area contributed by atoms with Crippen LogP contribution in [0.2, 0.25) is 0 Å². The van der Waals surface area contributed by atoms with Crippen LogP contribution in [0.25, 0.3) is 0 Å². The van der Waals surface area contributed by atoms with Crippen molar-refractivity contribution in [3.05, 3.63) is 18.2 Å². The molecule has 0 bridgehead atoms. The summed E-state index contributed by atoms with van der Waals surface area (Å²) < 4.78 is 10.7. The third-order valence-corrected chi connectivity index (χ3v) is 3.45. The van der Waals surface area contributed by atoms with Crippen LogP contribution in [0.15, 0.2) is 18.2 Å². The molecular formula is C13H16N2O3. The van der Waals surface area contributed by atoms with Gasteiger partial charge in [0.1, 0.15) is 0 Å². The molecule has 18 heavy (non-hydrogen) atoms. The molecule has 1 saturated heterocycles. The zero-order valence-electron chi connectivity index (χ0n) is 10.4. The van der Waals surface area contributed by atoms with Gasteiger partial charge >= 0.3 is 0 Å². The van der Waals surface area contributed by atoms with Gasteiger partial charge in [-0.2, -0.15) is 0 Å². The second-order valence-corrected chi connectivity index (χ2v) is 4.53. The number of nitrogens with zero attached hydrogens (tertiary/aromatic N) is 2. The van der Waals surface area contributed by atoms with Crippen molar-refractivity contribution in [3.8, 4) is 11.5 Å². The van der Waals surface area contributed by atoms with Crippen LogP contribution in [-0.4, -0.2) is 43.8 Å². The third kappa shape index (κ3) is 1.96. The van der Waals surface area contributed by atoms with Gasteiger partial charge < -0.3 is 19.3 Å². The zero-order chi connectivity index (χ0) is 12.5. The lowest BCUT2D eigenvalue weighted by Crippen LogP contribution is -2.48. The number of hydrogen-bond donors (Lipinski definition) is 0. The Morgan fingerprint density at radius 3 is 2.56 bits per heavy atom. The third-order valence-electron chi connectivity index (χ3n) is 3.45. The average molecular weight is 248 g/mol. The Kier molecular flexibility index (Phi) is 2.74. The number of amides is 1. The van der Waals surface area contributed by atoms with E-state index in [1.54, 1.807) is 6.92 Å². The molecule has 0 radical (unpaired) electrons. The van der Waals surface area contributed by atoms with Crippen molar-refractivity contribution >= 4 is 11.6 Å². The van der Waals surface area contributed by atoms with E-state index in [0.29, 0.717) is 6.79 Å². The van der Waals surface area contributed by atoms with Gasteiger partial charge in [0.15, 0.2) is 11.5 Å². The molecule has 3 rings (SSSR count). The maximum absolute atomic E-state index is 11.3. The largest absolute Gasteiger partial charge is 0.454 e. The molecule has 0 N–H and O–H groups in total. The molecule has 5 nitrogen and oxygen atoms in total. The van der Waals surface area contributed by atoms with E-state index in [2.05, 4.69) is 4.90 Å². The monoisotopic (exact) mass is 248 g/mol. The van der Waals surface area contributed by atoms with E-state index in [9.17, 15) is 4.79 Å². The predicted octanol–water partition coefficient (Wildman–Crippen LogP) is 1.08. The molecule has 5 heteroatoms. The standard InChI is InChI=1S/C13H16N2O3/c1-10(16)14-4-6-15(7-5-14)11-2-3-12-13(8-11)18-9-17-12/h2-3,8H,4-7,9H2,1H3. The molecule has 1 aromatic rings. The molecule has 1 fully saturated rings. The van der Waals surface area contributed by atoms with Crippen molar-refractivity contribution in [3.63, 3.8) is 0 Å². The molecule has 0 unspecified atom stereocenters. The average Bonchev–Trinajstić information content (AvgIpc) is 2.86. The topological polar surface area (TPSA) is 42.0 Å². The summed E-state index contributed by atoms with van der Waals surface area (Å²) in [6, 6.07) is 5.98. The first-order valence-corrected chi connectivity index (χ1v) is 6.14. The zero-order valence-corrected chi connectivity index (χ0v) is 10.4. The molecule has 0 aliphatic carbocycles. The number of hydrogen-bond acceptors (Lipinski definition) is 4. The van der Waals surface area contributed by atoms with Crippen LogP contribution in [-0.2, 0) is 4.79 Å². The lowest BCUT2D eigenvalue weighted by molar-refractivity contribution is -0.129. The van der Waals surface area contributed by atoms with E-state index < -0.39 is 0 Å². The molecule has 0 atom stereocenters. The van der Waals surface area contributed by atoms with Gasteiger partial charge in [0.25, 0.3) is 0 Å². The van der Waals surface area contributed by atoms with E-state index >= 15 is 0 Å². The first kappa shape index (κ1) is 11.2. The summed E-state index contributed by atoms with van der Waals surface area (Å²) in [5, 5.41) is 0. The van der Waals surface area contributed by atoms with Gasteiger partial charge in [-0.25, -0.2) is 0 Å². The smallest absolute Gasteiger partial charge is 0.231 e. The van der Waals surface area contributed by atoms with Gasteiger partial charge in [0.2, 0.25) is 12.7 Å². The lowest BCUT2D eigenvalue weighted by Gasteiger charge is -2.35. The van der Waals surface area contributed by atoms with Gasteiger partial charge in [0, 0.05) is 44.9 Å². The number of anilines is 1. The Morgan fingerprint density at radius 2 is 1.83 bits per heavy atom. The van der Waals surface area contributed by atoms with Crippen LogP contribution in [0, 0.1) is 0 Å². The quantitative estimate of drug-likeness (QED) is 0.746. The maximum atomic E-state index is 11.3. The number of carbonyl (C=O) groups is 1. The fourth-order valence-corrected chi connectivity index (χ4v) is 2.36. The molecule has 0 spiro atoms. The second kappa shape index (κ2) is 4.40. The number of rotatable bonds is 1. The summed E-state index contributed by atoms with van der Waals surface area (Å²) >= 11 is 0. The van der Waals surface area contributed by atoms with E-state index in [0.717, 1.165) is 43.4 Å². The number of fused-ring (bicyclic) bond motifs is 1. The van der Waals surface area contributed by atoms with Crippen molar-refractivity contribution in [2.75, 3.05) is 37.9 Å². The summed E-state index contributed by atoms with van der Waals surface area (Å²) in [6.07, 6.45) is 0. The van der Waals surface area contributed by atoms with E-state index in [1.165, 1.54) is 0 Å². The number of carbonyl (C=O) groups excluding carboxylic acids is 1. The minimum Gasteiger partial charge on any atom is -0.454 e. The summed E-state index contributed by atoms with van der Waals surface area (Å²) in [7, 11) is 0. The summed E-state index contributed by atoms with van der Waals surface area (Å²) in [5.41, 5.74) is 1.13. The Bertz CT molecular complexity index is 467.